The summed E-state index contributed by atoms with van der Waals surface area (Å²) in [5, 5.41) is 14.0. The van der Waals surface area contributed by atoms with Gasteiger partial charge >= 0.3 is 6.09 Å². The van der Waals surface area contributed by atoms with E-state index in [9.17, 15) is 9.90 Å². The molecule has 164 valence electrons. The third-order valence-electron chi connectivity index (χ3n) is 6.74. The summed E-state index contributed by atoms with van der Waals surface area (Å²) in [6.45, 7) is 2.07. The molecule has 1 amide bonds. The summed E-state index contributed by atoms with van der Waals surface area (Å²) in [4.78, 5) is 14.6. The largest absolute Gasteiger partial charge is 0.449 e. The Bertz CT molecular complexity index is 1070. The van der Waals surface area contributed by atoms with Crippen molar-refractivity contribution in [2.24, 2.45) is 5.84 Å². The topological polar surface area (TPSA) is 79.0 Å². The number of ether oxygens (including phenoxy) is 1. The van der Waals surface area contributed by atoms with Crippen molar-refractivity contribution in [3.8, 4) is 0 Å². The van der Waals surface area contributed by atoms with Crippen LogP contribution < -0.4 is 10.7 Å². The van der Waals surface area contributed by atoms with E-state index in [4.69, 9.17) is 10.6 Å². The number of aliphatic hydroxyl groups is 1. The lowest BCUT2D eigenvalue weighted by molar-refractivity contribution is -0.0145. The number of benzene rings is 3. The fourth-order valence-corrected chi connectivity index (χ4v) is 5.36. The zero-order valence-corrected chi connectivity index (χ0v) is 18.0. The van der Waals surface area contributed by atoms with Gasteiger partial charge in [0.15, 0.2) is 0 Å². The van der Waals surface area contributed by atoms with Crippen molar-refractivity contribution in [3.05, 3.63) is 102 Å². The summed E-state index contributed by atoms with van der Waals surface area (Å²) < 4.78 is 5.37. The third kappa shape index (κ3) is 3.03. The first-order chi connectivity index (χ1) is 15.6. The van der Waals surface area contributed by atoms with Crippen LogP contribution in [0.3, 0.4) is 0 Å². The van der Waals surface area contributed by atoms with Crippen LogP contribution in [-0.2, 0) is 10.3 Å². The molecular weight excluding hydrogens is 402 g/mol. The van der Waals surface area contributed by atoms with E-state index in [1.807, 2.05) is 84.9 Å². The lowest BCUT2D eigenvalue weighted by atomic mass is 9.78. The number of fused-ring (bicyclic) bond motifs is 3. The van der Waals surface area contributed by atoms with Crippen LogP contribution in [0.1, 0.15) is 36.0 Å². The minimum atomic E-state index is -1.35. The van der Waals surface area contributed by atoms with Crippen LogP contribution >= 0.6 is 0 Å². The molecule has 6 heteroatoms. The Morgan fingerprint density at radius 1 is 1.00 bits per heavy atom. The van der Waals surface area contributed by atoms with E-state index in [2.05, 4.69) is 0 Å². The molecule has 0 spiro atoms. The minimum absolute atomic E-state index is 0.0374. The molecule has 6 nitrogen and oxygen atoms in total. The van der Waals surface area contributed by atoms with Gasteiger partial charge in [0.05, 0.1) is 18.3 Å². The van der Waals surface area contributed by atoms with Crippen molar-refractivity contribution in [2.45, 2.75) is 37.1 Å². The number of nitrogens with two attached hydrogens (primary N) is 1. The highest BCUT2D eigenvalue weighted by atomic mass is 16.6. The van der Waals surface area contributed by atoms with Crippen molar-refractivity contribution in [1.82, 2.24) is 5.01 Å². The molecule has 0 aliphatic carbocycles. The summed E-state index contributed by atoms with van der Waals surface area (Å²) in [5.74, 6) is 6.72. The van der Waals surface area contributed by atoms with Gasteiger partial charge < -0.3 is 9.84 Å². The second-order valence-electron chi connectivity index (χ2n) is 8.34. The van der Waals surface area contributed by atoms with Crippen molar-refractivity contribution < 1.29 is 14.6 Å². The number of anilines is 1. The molecule has 0 aromatic heterocycles. The molecule has 1 saturated heterocycles. The molecular formula is C26H27N3O3. The average molecular weight is 430 g/mol. The first kappa shape index (κ1) is 20.7. The van der Waals surface area contributed by atoms with Gasteiger partial charge in [-0.15, -0.1) is 0 Å². The zero-order valence-electron chi connectivity index (χ0n) is 18.0. The summed E-state index contributed by atoms with van der Waals surface area (Å²) in [5.41, 5.74) is 2.05. The molecule has 3 aromatic rings. The molecule has 2 aliphatic rings. The maximum atomic E-state index is 13.0. The van der Waals surface area contributed by atoms with Crippen LogP contribution in [0.25, 0.3) is 0 Å². The van der Waals surface area contributed by atoms with E-state index in [0.717, 1.165) is 22.4 Å². The minimum Gasteiger partial charge on any atom is -0.449 e. The van der Waals surface area contributed by atoms with Crippen LogP contribution in [-0.4, -0.2) is 35.0 Å². The van der Waals surface area contributed by atoms with Gasteiger partial charge in [0.1, 0.15) is 11.8 Å². The predicted octanol–water partition coefficient (Wildman–Crippen LogP) is 3.96. The van der Waals surface area contributed by atoms with Gasteiger partial charge in [-0.2, -0.15) is 0 Å². The van der Waals surface area contributed by atoms with Crippen molar-refractivity contribution in [1.29, 1.82) is 0 Å². The lowest BCUT2D eigenvalue weighted by Crippen LogP contribution is -2.58. The van der Waals surface area contributed by atoms with E-state index >= 15 is 0 Å². The summed E-state index contributed by atoms with van der Waals surface area (Å²) >= 11 is 0. The van der Waals surface area contributed by atoms with E-state index in [1.54, 1.807) is 16.8 Å². The fourth-order valence-electron chi connectivity index (χ4n) is 5.36. The maximum absolute atomic E-state index is 13.0. The van der Waals surface area contributed by atoms with E-state index in [-0.39, 0.29) is 12.5 Å². The summed E-state index contributed by atoms with van der Waals surface area (Å²) in [6.07, 6.45) is -0.268. The lowest BCUT2D eigenvalue weighted by Gasteiger charge is -2.41. The molecule has 2 heterocycles. The maximum Gasteiger partial charge on any atom is 0.415 e. The summed E-state index contributed by atoms with van der Waals surface area (Å²) in [7, 11) is 0. The Morgan fingerprint density at radius 2 is 1.56 bits per heavy atom. The Kier molecular flexibility index (Phi) is 5.21. The average Bonchev–Trinajstić information content (AvgIpc) is 3.35. The van der Waals surface area contributed by atoms with Crippen LogP contribution in [0.4, 0.5) is 10.5 Å². The molecule has 3 N–H and O–H groups in total. The highest BCUT2D eigenvalue weighted by Gasteiger charge is 2.58. The molecule has 32 heavy (non-hydrogen) atoms. The number of carbonyl (C=O) groups is 1. The van der Waals surface area contributed by atoms with Crippen LogP contribution in [0.5, 0.6) is 0 Å². The Morgan fingerprint density at radius 3 is 2.16 bits per heavy atom. The number of para-hydroxylation sites is 1. The van der Waals surface area contributed by atoms with Gasteiger partial charge in [0, 0.05) is 5.92 Å². The molecule has 5 rings (SSSR count). The number of amides is 1. The standard InChI is InChI=1S/C26H27N3O3/c1-2-32-25(30)28-22-16-10-9-15-20(22)21-17-23(29(27)24(21)28)26(31,18-11-5-3-6-12-18)19-13-7-4-8-14-19/h3-16,21,23-24,31H,2,17,27H2,1H3. The zero-order chi connectivity index (χ0) is 22.3. The highest BCUT2D eigenvalue weighted by Crippen LogP contribution is 2.53. The van der Waals surface area contributed by atoms with E-state index in [1.165, 1.54) is 0 Å². The molecule has 0 radical (unpaired) electrons. The number of hydrogen-bond donors (Lipinski definition) is 2. The van der Waals surface area contributed by atoms with Gasteiger partial charge in [-0.3, -0.25) is 10.7 Å². The molecule has 3 unspecified atom stereocenters. The fraction of sp³-hybridized carbons (Fsp3) is 0.269. The van der Waals surface area contributed by atoms with E-state index in [0.29, 0.717) is 6.42 Å². The van der Waals surface area contributed by atoms with Crippen molar-refractivity contribution >= 4 is 11.8 Å². The third-order valence-corrected chi connectivity index (χ3v) is 6.74. The Labute approximate surface area is 187 Å². The SMILES string of the molecule is CCOC(=O)N1c2ccccc2C2CC(C(O)(c3ccccc3)c3ccccc3)N(N)C21. The quantitative estimate of drug-likeness (QED) is 0.614. The normalized spacial score (nSPS) is 22.5. The van der Waals surface area contributed by atoms with Gasteiger partial charge in [-0.25, -0.2) is 9.80 Å². The van der Waals surface area contributed by atoms with Crippen LogP contribution in [0.15, 0.2) is 84.9 Å². The number of hydrazine groups is 1. The number of nitrogens with zero attached hydrogens (tertiary/aromatic N) is 2. The first-order valence-electron chi connectivity index (χ1n) is 11.0. The van der Waals surface area contributed by atoms with Gasteiger partial charge in [0.25, 0.3) is 0 Å². The van der Waals surface area contributed by atoms with Crippen LogP contribution in [0.2, 0.25) is 0 Å². The molecule has 0 saturated carbocycles. The molecule has 1 fully saturated rings. The van der Waals surface area contributed by atoms with Gasteiger partial charge in [-0.05, 0) is 36.1 Å². The Hall–Kier alpha value is -3.19. The molecule has 2 aliphatic heterocycles. The molecule has 0 bridgehead atoms. The van der Waals surface area contributed by atoms with Crippen molar-refractivity contribution in [2.75, 3.05) is 11.5 Å². The predicted molar refractivity (Wildman–Crippen MR) is 123 cm³/mol. The van der Waals surface area contributed by atoms with Gasteiger partial charge in [0.2, 0.25) is 0 Å². The van der Waals surface area contributed by atoms with Gasteiger partial charge in [-0.1, -0.05) is 78.9 Å². The Balaban J connectivity index is 1.62. The number of rotatable bonds is 4. The monoisotopic (exact) mass is 429 g/mol. The summed E-state index contributed by atoms with van der Waals surface area (Å²) in [6, 6.07) is 26.6. The number of carbonyl (C=O) groups excluding carboxylic acids is 1. The van der Waals surface area contributed by atoms with Crippen molar-refractivity contribution in [3.63, 3.8) is 0 Å². The molecule has 3 aromatic carbocycles. The smallest absolute Gasteiger partial charge is 0.415 e. The van der Waals surface area contributed by atoms with E-state index < -0.39 is 23.9 Å². The second-order valence-corrected chi connectivity index (χ2v) is 8.34. The molecule has 3 atom stereocenters. The number of hydrogen-bond acceptors (Lipinski definition) is 5. The first-order valence-corrected chi connectivity index (χ1v) is 11.0. The second kappa shape index (κ2) is 8.06. The highest BCUT2D eigenvalue weighted by molar-refractivity contribution is 5.92. The van der Waals surface area contributed by atoms with Crippen LogP contribution in [0, 0.1) is 0 Å².